The van der Waals surface area contributed by atoms with Crippen molar-refractivity contribution >= 4 is 23.1 Å². The molecule has 0 bridgehead atoms. The van der Waals surface area contributed by atoms with Gasteiger partial charge < -0.3 is 9.84 Å². The number of ketones is 1. The molecular weight excluding hydrogens is 411 g/mol. The van der Waals surface area contributed by atoms with Gasteiger partial charge in [0.05, 0.1) is 18.4 Å². The number of rotatable bonds is 4. The van der Waals surface area contributed by atoms with E-state index in [9.17, 15) is 19.1 Å². The normalized spacial score (nSPS) is 17.6. The Balaban J connectivity index is 1.97. The summed E-state index contributed by atoms with van der Waals surface area (Å²) in [4.78, 5) is 31.7. The first-order chi connectivity index (χ1) is 15.3. The number of nitrogens with zero attached hydrogens (tertiary/aromatic N) is 2. The number of carbonyl (C=O) groups excluding carboxylic acids is 2. The lowest BCUT2D eigenvalue weighted by atomic mass is 9.95. The molecule has 0 saturated carbocycles. The lowest BCUT2D eigenvalue weighted by molar-refractivity contribution is -0.132. The molecule has 0 radical (unpaired) electrons. The molecule has 162 valence electrons. The zero-order valence-corrected chi connectivity index (χ0v) is 17.8. The zero-order chi connectivity index (χ0) is 23.0. The van der Waals surface area contributed by atoms with E-state index in [1.54, 1.807) is 44.4 Å². The van der Waals surface area contributed by atoms with Crippen LogP contribution in [0.25, 0.3) is 5.76 Å². The van der Waals surface area contributed by atoms with Crippen molar-refractivity contribution in [3.05, 3.63) is 94.6 Å². The second kappa shape index (κ2) is 8.26. The second-order valence-corrected chi connectivity index (χ2v) is 7.54. The first kappa shape index (κ1) is 21.2. The number of hydrogen-bond donors (Lipinski definition) is 1. The third kappa shape index (κ3) is 3.51. The number of carbonyl (C=O) groups is 2. The van der Waals surface area contributed by atoms with Crippen molar-refractivity contribution in [3.63, 3.8) is 0 Å². The molecule has 7 heteroatoms. The number of aliphatic hydroxyl groups excluding tert-OH is 1. The summed E-state index contributed by atoms with van der Waals surface area (Å²) in [5.74, 6) is -1.96. The SMILES string of the molecule is COc1cc(C)c(/C(O)=C2\C(=O)C(=O)N(c3cccc(F)c3)C2c2ccccn2)cc1C. The van der Waals surface area contributed by atoms with E-state index >= 15 is 0 Å². The number of methoxy groups -OCH3 is 1. The molecule has 4 rings (SSSR count). The summed E-state index contributed by atoms with van der Waals surface area (Å²) in [6, 6.07) is 12.9. The van der Waals surface area contributed by atoms with Crippen LogP contribution in [0.1, 0.15) is 28.4 Å². The molecule has 1 aliphatic rings. The van der Waals surface area contributed by atoms with E-state index in [2.05, 4.69) is 4.98 Å². The van der Waals surface area contributed by atoms with Crippen molar-refractivity contribution in [2.24, 2.45) is 0 Å². The lowest BCUT2D eigenvalue weighted by Crippen LogP contribution is -2.29. The van der Waals surface area contributed by atoms with Gasteiger partial charge in [-0.3, -0.25) is 19.5 Å². The maximum absolute atomic E-state index is 14.0. The minimum atomic E-state index is -1.01. The highest BCUT2D eigenvalue weighted by Crippen LogP contribution is 2.42. The van der Waals surface area contributed by atoms with Crippen LogP contribution in [0.3, 0.4) is 0 Å². The number of ether oxygens (including phenoxy) is 1. The molecule has 1 atom stereocenters. The quantitative estimate of drug-likeness (QED) is 0.374. The fourth-order valence-corrected chi connectivity index (χ4v) is 3.95. The summed E-state index contributed by atoms with van der Waals surface area (Å²) >= 11 is 0. The summed E-state index contributed by atoms with van der Waals surface area (Å²) in [7, 11) is 1.55. The maximum Gasteiger partial charge on any atom is 0.300 e. The molecule has 1 aliphatic heterocycles. The van der Waals surface area contributed by atoms with Crippen molar-refractivity contribution in [2.45, 2.75) is 19.9 Å². The standard InChI is InChI=1S/C25H21FN2O4/c1-14-12-20(32-3)15(2)11-18(14)23(29)21-22(19-9-4-5-10-27-19)28(25(31)24(21)30)17-8-6-7-16(26)13-17/h4-13,22,29H,1-3H3/b23-21+. The molecule has 32 heavy (non-hydrogen) atoms. The van der Waals surface area contributed by atoms with E-state index in [0.717, 1.165) is 5.56 Å². The van der Waals surface area contributed by atoms with Gasteiger partial charge >= 0.3 is 0 Å². The second-order valence-electron chi connectivity index (χ2n) is 7.54. The average Bonchev–Trinajstić information content (AvgIpc) is 3.05. The van der Waals surface area contributed by atoms with Gasteiger partial charge in [-0.05, 0) is 67.4 Å². The first-order valence-electron chi connectivity index (χ1n) is 9.96. The molecule has 2 heterocycles. The number of pyridine rings is 1. The van der Waals surface area contributed by atoms with Crippen LogP contribution in [0.15, 0.2) is 66.4 Å². The van der Waals surface area contributed by atoms with Gasteiger partial charge in [0.25, 0.3) is 11.7 Å². The number of benzene rings is 2. The van der Waals surface area contributed by atoms with Crippen molar-refractivity contribution in [3.8, 4) is 5.75 Å². The topological polar surface area (TPSA) is 79.7 Å². The summed E-state index contributed by atoms with van der Waals surface area (Å²) in [6.45, 7) is 3.59. The highest BCUT2D eigenvalue weighted by Gasteiger charge is 2.47. The third-order valence-electron chi connectivity index (χ3n) is 5.50. The number of aliphatic hydroxyl groups is 1. The smallest absolute Gasteiger partial charge is 0.300 e. The van der Waals surface area contributed by atoms with Gasteiger partial charge in [-0.2, -0.15) is 0 Å². The largest absolute Gasteiger partial charge is 0.507 e. The summed E-state index contributed by atoms with van der Waals surface area (Å²) < 4.78 is 19.3. The molecule has 1 N–H and O–H groups in total. The Kier molecular flexibility index (Phi) is 5.48. The van der Waals surface area contributed by atoms with E-state index < -0.39 is 23.5 Å². The Bertz CT molecular complexity index is 1250. The number of halogens is 1. The third-order valence-corrected chi connectivity index (χ3v) is 5.50. The lowest BCUT2D eigenvalue weighted by Gasteiger charge is -2.24. The van der Waals surface area contributed by atoms with E-state index in [1.807, 2.05) is 6.92 Å². The predicted molar refractivity (Wildman–Crippen MR) is 118 cm³/mol. The molecule has 6 nitrogen and oxygen atoms in total. The maximum atomic E-state index is 14.0. The van der Waals surface area contributed by atoms with Crippen LogP contribution < -0.4 is 9.64 Å². The van der Waals surface area contributed by atoms with Crippen LogP contribution in [0.5, 0.6) is 5.75 Å². The van der Waals surface area contributed by atoms with E-state index in [0.29, 0.717) is 22.6 Å². The Morgan fingerprint density at radius 3 is 2.50 bits per heavy atom. The van der Waals surface area contributed by atoms with Gasteiger partial charge in [0.1, 0.15) is 23.4 Å². The molecule has 0 spiro atoms. The number of anilines is 1. The molecule has 2 aromatic carbocycles. The average molecular weight is 432 g/mol. The van der Waals surface area contributed by atoms with Crippen LogP contribution >= 0.6 is 0 Å². The monoisotopic (exact) mass is 432 g/mol. The Morgan fingerprint density at radius 1 is 1.06 bits per heavy atom. The van der Waals surface area contributed by atoms with Crippen LogP contribution in [-0.4, -0.2) is 28.9 Å². The summed E-state index contributed by atoms with van der Waals surface area (Å²) in [6.07, 6.45) is 1.53. The summed E-state index contributed by atoms with van der Waals surface area (Å²) in [5, 5.41) is 11.3. The van der Waals surface area contributed by atoms with Crippen LogP contribution in [0, 0.1) is 19.7 Å². The molecule has 1 amide bonds. The predicted octanol–water partition coefficient (Wildman–Crippen LogP) is 4.47. The van der Waals surface area contributed by atoms with Gasteiger partial charge in [-0.25, -0.2) is 4.39 Å². The van der Waals surface area contributed by atoms with E-state index in [-0.39, 0.29) is 17.0 Å². The Hall–Kier alpha value is -4.00. The minimum Gasteiger partial charge on any atom is -0.507 e. The molecule has 1 aromatic heterocycles. The van der Waals surface area contributed by atoms with Crippen LogP contribution in [0.2, 0.25) is 0 Å². The molecular formula is C25H21FN2O4. The molecule has 0 aliphatic carbocycles. The number of aryl methyl sites for hydroxylation is 2. The van der Waals surface area contributed by atoms with Gasteiger partial charge in [-0.15, -0.1) is 0 Å². The van der Waals surface area contributed by atoms with E-state index in [4.69, 9.17) is 4.74 Å². The number of hydrogen-bond acceptors (Lipinski definition) is 5. The van der Waals surface area contributed by atoms with Crippen molar-refractivity contribution in [1.82, 2.24) is 4.98 Å². The minimum absolute atomic E-state index is 0.106. The van der Waals surface area contributed by atoms with Crippen LogP contribution in [0.4, 0.5) is 10.1 Å². The van der Waals surface area contributed by atoms with Crippen molar-refractivity contribution < 1.29 is 23.8 Å². The van der Waals surface area contributed by atoms with E-state index in [1.165, 1.54) is 35.4 Å². The number of Topliss-reactive ketones (excluding diaryl/α,β-unsaturated/α-hetero) is 1. The highest BCUT2D eigenvalue weighted by atomic mass is 19.1. The van der Waals surface area contributed by atoms with Gasteiger partial charge in [0.2, 0.25) is 0 Å². The molecule has 3 aromatic rings. The fourth-order valence-electron chi connectivity index (χ4n) is 3.95. The Labute approximate surface area is 184 Å². The number of amides is 1. The summed E-state index contributed by atoms with van der Waals surface area (Å²) in [5.41, 5.74) is 2.30. The molecule has 1 saturated heterocycles. The first-order valence-corrected chi connectivity index (χ1v) is 9.96. The zero-order valence-electron chi connectivity index (χ0n) is 17.8. The number of aromatic nitrogens is 1. The molecule has 1 fully saturated rings. The van der Waals surface area contributed by atoms with Crippen molar-refractivity contribution in [2.75, 3.05) is 12.0 Å². The van der Waals surface area contributed by atoms with Gasteiger partial charge in [0.15, 0.2) is 0 Å². The van der Waals surface area contributed by atoms with Crippen molar-refractivity contribution in [1.29, 1.82) is 0 Å². The Morgan fingerprint density at radius 2 is 1.84 bits per heavy atom. The molecule has 1 unspecified atom stereocenters. The van der Waals surface area contributed by atoms with Gasteiger partial charge in [0, 0.05) is 17.4 Å². The highest BCUT2D eigenvalue weighted by molar-refractivity contribution is 6.51. The van der Waals surface area contributed by atoms with Crippen LogP contribution in [-0.2, 0) is 9.59 Å². The fraction of sp³-hybridized carbons (Fsp3) is 0.160. The van der Waals surface area contributed by atoms with Gasteiger partial charge in [-0.1, -0.05) is 12.1 Å².